The molecule has 1 amide bonds. The summed E-state index contributed by atoms with van der Waals surface area (Å²) in [6.07, 6.45) is 2.68. The first-order valence-corrected chi connectivity index (χ1v) is 10.9. The normalized spacial score (nSPS) is 12.1. The molecule has 3 rings (SSSR count). The quantitative estimate of drug-likeness (QED) is 0.503. The number of thioether (sulfide) groups is 1. The number of hydrogen-bond acceptors (Lipinski definition) is 5. The van der Waals surface area contributed by atoms with E-state index in [2.05, 4.69) is 27.7 Å². The molecule has 0 aliphatic carbocycles. The Morgan fingerprint density at radius 3 is 2.63 bits per heavy atom. The summed E-state index contributed by atoms with van der Waals surface area (Å²) in [5.74, 6) is 0.115. The lowest BCUT2D eigenvalue weighted by Gasteiger charge is -2.25. The Kier molecular flexibility index (Phi) is 7.06. The summed E-state index contributed by atoms with van der Waals surface area (Å²) in [5.41, 5.74) is 0.993. The zero-order valence-corrected chi connectivity index (χ0v) is 17.2. The van der Waals surface area contributed by atoms with Crippen molar-refractivity contribution in [3.63, 3.8) is 0 Å². The van der Waals surface area contributed by atoms with E-state index in [1.54, 1.807) is 17.7 Å². The third-order valence-corrected chi connectivity index (χ3v) is 6.56. The molecule has 5 nitrogen and oxygen atoms in total. The topological polar surface area (TPSA) is 51.0 Å². The predicted octanol–water partition coefficient (Wildman–Crippen LogP) is 4.28. The fourth-order valence-corrected chi connectivity index (χ4v) is 4.69. The summed E-state index contributed by atoms with van der Waals surface area (Å²) < 4.78 is 2.04. The highest BCUT2D eigenvalue weighted by molar-refractivity contribution is 8.00. The molecule has 0 radical (unpaired) electrons. The van der Waals surface area contributed by atoms with Crippen LogP contribution in [0.2, 0.25) is 0 Å². The Morgan fingerprint density at radius 2 is 1.96 bits per heavy atom. The SMILES string of the molecule is CCN(CC)C(=O)C(Sc1nncn1CCc1cccs1)c1ccccc1. The van der Waals surface area contributed by atoms with Gasteiger partial charge in [0.05, 0.1) is 0 Å². The van der Waals surface area contributed by atoms with Crippen molar-refractivity contribution in [3.05, 3.63) is 64.6 Å². The number of aromatic nitrogens is 3. The predicted molar refractivity (Wildman–Crippen MR) is 111 cm³/mol. The lowest BCUT2D eigenvalue weighted by molar-refractivity contribution is -0.130. The van der Waals surface area contributed by atoms with Crippen LogP contribution in [0.3, 0.4) is 0 Å². The minimum atomic E-state index is -0.323. The minimum Gasteiger partial charge on any atom is -0.342 e. The van der Waals surface area contributed by atoms with Gasteiger partial charge in [-0.1, -0.05) is 48.2 Å². The first kappa shape index (κ1) is 19.6. The maximum atomic E-state index is 13.1. The molecule has 0 aliphatic heterocycles. The maximum Gasteiger partial charge on any atom is 0.240 e. The highest BCUT2D eigenvalue weighted by atomic mass is 32.2. The molecular formula is C20H24N4OS2. The number of nitrogens with zero attached hydrogens (tertiary/aromatic N) is 4. The van der Waals surface area contributed by atoms with Crippen LogP contribution in [0.1, 0.15) is 29.5 Å². The van der Waals surface area contributed by atoms with E-state index in [0.717, 1.165) is 23.7 Å². The highest BCUT2D eigenvalue weighted by Crippen LogP contribution is 2.35. The summed E-state index contributed by atoms with van der Waals surface area (Å²) in [5, 5.41) is 10.9. The number of carbonyl (C=O) groups is 1. The van der Waals surface area contributed by atoms with Gasteiger partial charge in [0, 0.05) is 24.5 Å². The first-order valence-electron chi connectivity index (χ1n) is 9.13. The number of benzene rings is 1. The molecule has 1 atom stereocenters. The van der Waals surface area contributed by atoms with Crippen molar-refractivity contribution >= 4 is 29.0 Å². The molecule has 0 bridgehead atoms. The number of thiophene rings is 1. The second-order valence-corrected chi connectivity index (χ2v) is 8.16. The molecule has 2 heterocycles. The van der Waals surface area contributed by atoms with Crippen LogP contribution in [0.25, 0.3) is 0 Å². The third kappa shape index (κ3) is 4.99. The number of hydrogen-bond donors (Lipinski definition) is 0. The Bertz CT molecular complexity index is 829. The van der Waals surface area contributed by atoms with Crippen molar-refractivity contribution in [2.24, 2.45) is 0 Å². The van der Waals surface area contributed by atoms with Gasteiger partial charge in [-0.15, -0.1) is 21.5 Å². The van der Waals surface area contributed by atoms with Crippen LogP contribution in [0.5, 0.6) is 0 Å². The molecule has 3 aromatic rings. The summed E-state index contributed by atoms with van der Waals surface area (Å²) in [4.78, 5) is 16.3. The van der Waals surface area contributed by atoms with Crippen molar-refractivity contribution < 1.29 is 4.79 Å². The summed E-state index contributed by atoms with van der Waals surface area (Å²) >= 11 is 3.24. The Morgan fingerprint density at radius 1 is 1.19 bits per heavy atom. The first-order chi connectivity index (χ1) is 13.2. The molecule has 0 spiro atoms. The number of likely N-dealkylation sites (N-methyl/N-ethyl adjacent to an activating group) is 1. The van der Waals surface area contributed by atoms with E-state index in [1.807, 2.05) is 53.6 Å². The lowest BCUT2D eigenvalue weighted by Crippen LogP contribution is -2.34. The molecule has 0 N–H and O–H groups in total. The van der Waals surface area contributed by atoms with Gasteiger partial charge in [0.25, 0.3) is 0 Å². The van der Waals surface area contributed by atoms with Crippen LogP contribution in [-0.2, 0) is 17.8 Å². The summed E-state index contributed by atoms with van der Waals surface area (Å²) in [6, 6.07) is 14.1. The Labute approximate surface area is 168 Å². The van der Waals surface area contributed by atoms with Crippen LogP contribution in [0.4, 0.5) is 0 Å². The van der Waals surface area contributed by atoms with Crippen molar-refractivity contribution in [3.8, 4) is 0 Å². The molecule has 1 unspecified atom stereocenters. The van der Waals surface area contributed by atoms with Crippen molar-refractivity contribution in [2.75, 3.05) is 13.1 Å². The largest absolute Gasteiger partial charge is 0.342 e. The van der Waals surface area contributed by atoms with Gasteiger partial charge in [0.15, 0.2) is 5.16 Å². The van der Waals surface area contributed by atoms with Crippen LogP contribution >= 0.6 is 23.1 Å². The van der Waals surface area contributed by atoms with Gasteiger partial charge in [-0.3, -0.25) is 4.79 Å². The maximum absolute atomic E-state index is 13.1. The van der Waals surface area contributed by atoms with E-state index in [-0.39, 0.29) is 11.2 Å². The van der Waals surface area contributed by atoms with Crippen LogP contribution in [-0.4, -0.2) is 38.7 Å². The molecule has 142 valence electrons. The van der Waals surface area contributed by atoms with Gasteiger partial charge >= 0.3 is 0 Å². The second-order valence-electron chi connectivity index (χ2n) is 6.06. The molecule has 0 aliphatic rings. The van der Waals surface area contributed by atoms with Crippen LogP contribution in [0, 0.1) is 0 Å². The van der Waals surface area contributed by atoms with Crippen LogP contribution < -0.4 is 0 Å². The minimum absolute atomic E-state index is 0.115. The van der Waals surface area contributed by atoms with Gasteiger partial charge in [0.1, 0.15) is 11.6 Å². The molecule has 27 heavy (non-hydrogen) atoms. The number of amides is 1. The molecule has 0 saturated heterocycles. The van der Waals surface area contributed by atoms with E-state index >= 15 is 0 Å². The molecule has 0 saturated carbocycles. The zero-order chi connectivity index (χ0) is 19.1. The Hall–Kier alpha value is -2.12. The Balaban J connectivity index is 1.80. The fraction of sp³-hybridized carbons (Fsp3) is 0.350. The third-order valence-electron chi connectivity index (χ3n) is 4.38. The fourth-order valence-electron chi connectivity index (χ4n) is 2.87. The highest BCUT2D eigenvalue weighted by Gasteiger charge is 2.27. The number of carbonyl (C=O) groups excluding carboxylic acids is 1. The van der Waals surface area contributed by atoms with E-state index in [4.69, 9.17) is 0 Å². The monoisotopic (exact) mass is 400 g/mol. The van der Waals surface area contributed by atoms with Crippen molar-refractivity contribution in [2.45, 2.75) is 37.2 Å². The molecule has 1 aromatic carbocycles. The molecular weight excluding hydrogens is 376 g/mol. The summed E-state index contributed by atoms with van der Waals surface area (Å²) in [7, 11) is 0. The van der Waals surface area contributed by atoms with Gasteiger partial charge < -0.3 is 9.47 Å². The van der Waals surface area contributed by atoms with E-state index in [1.165, 1.54) is 16.6 Å². The summed E-state index contributed by atoms with van der Waals surface area (Å²) in [6.45, 7) is 6.22. The van der Waals surface area contributed by atoms with Gasteiger partial charge in [-0.2, -0.15) is 0 Å². The number of rotatable bonds is 9. The molecule has 2 aromatic heterocycles. The molecule has 0 fully saturated rings. The lowest BCUT2D eigenvalue weighted by atomic mass is 10.1. The smallest absolute Gasteiger partial charge is 0.240 e. The van der Waals surface area contributed by atoms with Crippen LogP contribution in [0.15, 0.2) is 59.3 Å². The average molecular weight is 401 g/mol. The van der Waals surface area contributed by atoms with Crippen molar-refractivity contribution in [1.82, 2.24) is 19.7 Å². The standard InChI is InChI=1S/C20H24N4OS2/c1-3-23(4-2)19(25)18(16-9-6-5-7-10-16)27-20-22-21-15-24(20)13-12-17-11-8-14-26-17/h5-11,14-15,18H,3-4,12-13H2,1-2H3. The van der Waals surface area contributed by atoms with Crippen molar-refractivity contribution in [1.29, 1.82) is 0 Å². The van der Waals surface area contributed by atoms with E-state index in [9.17, 15) is 4.79 Å². The zero-order valence-electron chi connectivity index (χ0n) is 15.6. The second kappa shape index (κ2) is 9.71. The van der Waals surface area contributed by atoms with Gasteiger partial charge in [-0.25, -0.2) is 0 Å². The van der Waals surface area contributed by atoms with Gasteiger partial charge in [-0.05, 0) is 37.3 Å². The van der Waals surface area contributed by atoms with Gasteiger partial charge in [0.2, 0.25) is 5.91 Å². The molecule has 7 heteroatoms. The van der Waals surface area contributed by atoms with E-state index < -0.39 is 0 Å². The average Bonchev–Trinajstić information content (AvgIpc) is 3.37. The number of aryl methyl sites for hydroxylation is 2. The van der Waals surface area contributed by atoms with E-state index in [0.29, 0.717) is 13.1 Å².